The minimum absolute atomic E-state index is 0.741. The fourth-order valence-corrected chi connectivity index (χ4v) is 3.09. The Hall–Kier alpha value is -0.980. The Morgan fingerprint density at radius 2 is 1.94 bits per heavy atom. The molecule has 1 heteroatoms. The maximum atomic E-state index is 5.74. The van der Waals surface area contributed by atoms with Gasteiger partial charge < -0.3 is 4.74 Å². The summed E-state index contributed by atoms with van der Waals surface area (Å²) in [6.07, 6.45) is 7.64. The van der Waals surface area contributed by atoms with Gasteiger partial charge in [0, 0.05) is 0 Å². The van der Waals surface area contributed by atoms with E-state index in [9.17, 15) is 0 Å². The van der Waals surface area contributed by atoms with E-state index < -0.39 is 0 Å². The van der Waals surface area contributed by atoms with Crippen molar-refractivity contribution < 1.29 is 4.74 Å². The first-order valence-corrected chi connectivity index (χ1v) is 7.55. The molecule has 0 amide bonds. The second-order valence-electron chi connectivity index (χ2n) is 5.57. The van der Waals surface area contributed by atoms with E-state index in [1.54, 1.807) is 11.1 Å². The molecule has 1 unspecified atom stereocenters. The van der Waals surface area contributed by atoms with Gasteiger partial charge >= 0.3 is 0 Å². The van der Waals surface area contributed by atoms with Crippen LogP contribution in [0.3, 0.4) is 0 Å². The molecule has 0 radical (unpaired) electrons. The first-order valence-electron chi connectivity index (χ1n) is 7.55. The summed E-state index contributed by atoms with van der Waals surface area (Å²) in [4.78, 5) is 0. The van der Waals surface area contributed by atoms with Crippen LogP contribution in [-0.2, 0) is 12.8 Å². The zero-order chi connectivity index (χ0) is 13.0. The standard InChI is InChI=1S/C14H18O.C3H8/c1-10-4-2-5-11-7-8-13-12(14(10)11)6-3-9-15-13;1-3-2/h7-8,10H,2-6,9H2,1H3;3H2,1-2H3. The van der Waals surface area contributed by atoms with Crippen LogP contribution in [0.4, 0.5) is 0 Å². The van der Waals surface area contributed by atoms with Gasteiger partial charge in [-0.2, -0.15) is 0 Å². The van der Waals surface area contributed by atoms with Gasteiger partial charge in [-0.15, -0.1) is 0 Å². The molecule has 1 heterocycles. The van der Waals surface area contributed by atoms with Gasteiger partial charge in [0.15, 0.2) is 0 Å². The molecule has 1 aliphatic heterocycles. The molecule has 1 atom stereocenters. The summed E-state index contributed by atoms with van der Waals surface area (Å²) in [5, 5.41) is 0. The summed E-state index contributed by atoms with van der Waals surface area (Å²) >= 11 is 0. The van der Waals surface area contributed by atoms with Gasteiger partial charge in [0.05, 0.1) is 6.61 Å². The maximum Gasteiger partial charge on any atom is 0.122 e. The molecule has 0 saturated heterocycles. The molecule has 1 aromatic carbocycles. The van der Waals surface area contributed by atoms with Crippen LogP contribution in [-0.4, -0.2) is 6.61 Å². The summed E-state index contributed by atoms with van der Waals surface area (Å²) in [5.41, 5.74) is 4.72. The van der Waals surface area contributed by atoms with Crippen molar-refractivity contribution >= 4 is 0 Å². The number of hydrogen-bond donors (Lipinski definition) is 0. The van der Waals surface area contributed by atoms with Crippen LogP contribution in [0.5, 0.6) is 5.75 Å². The van der Waals surface area contributed by atoms with Gasteiger partial charge in [-0.05, 0) is 60.8 Å². The quantitative estimate of drug-likeness (QED) is 0.634. The summed E-state index contributed by atoms with van der Waals surface area (Å²) in [6, 6.07) is 4.47. The molecule has 1 aromatic rings. The third kappa shape index (κ3) is 2.71. The normalized spacial score (nSPS) is 20.9. The molecular weight excluding hydrogens is 220 g/mol. The lowest BCUT2D eigenvalue weighted by Gasteiger charge is -2.29. The third-order valence-corrected chi connectivity index (χ3v) is 3.81. The number of hydrogen-bond acceptors (Lipinski definition) is 1. The maximum absolute atomic E-state index is 5.74. The lowest BCUT2D eigenvalue weighted by atomic mass is 9.79. The zero-order valence-corrected chi connectivity index (χ0v) is 12.1. The van der Waals surface area contributed by atoms with Crippen molar-refractivity contribution in [2.75, 3.05) is 6.61 Å². The van der Waals surface area contributed by atoms with Gasteiger partial charge in [-0.3, -0.25) is 0 Å². The minimum Gasteiger partial charge on any atom is -0.493 e. The Bertz CT molecular complexity index is 395. The fourth-order valence-electron chi connectivity index (χ4n) is 3.09. The van der Waals surface area contributed by atoms with Crippen molar-refractivity contribution in [1.29, 1.82) is 0 Å². The van der Waals surface area contributed by atoms with Crippen molar-refractivity contribution in [3.63, 3.8) is 0 Å². The number of aryl methyl sites for hydroxylation is 1. The predicted molar refractivity (Wildman–Crippen MR) is 77.6 cm³/mol. The monoisotopic (exact) mass is 246 g/mol. The highest BCUT2D eigenvalue weighted by Gasteiger charge is 2.23. The zero-order valence-electron chi connectivity index (χ0n) is 12.1. The molecule has 0 fully saturated rings. The van der Waals surface area contributed by atoms with Gasteiger partial charge in [0.2, 0.25) is 0 Å². The molecule has 1 nitrogen and oxygen atoms in total. The average molecular weight is 246 g/mol. The number of benzene rings is 1. The van der Waals surface area contributed by atoms with Crippen LogP contribution in [0.25, 0.3) is 0 Å². The van der Waals surface area contributed by atoms with E-state index in [0.29, 0.717) is 0 Å². The molecule has 0 spiro atoms. The molecule has 0 N–H and O–H groups in total. The van der Waals surface area contributed by atoms with E-state index in [2.05, 4.69) is 32.9 Å². The molecule has 0 bridgehead atoms. The van der Waals surface area contributed by atoms with E-state index in [4.69, 9.17) is 4.74 Å². The van der Waals surface area contributed by atoms with Crippen LogP contribution in [0, 0.1) is 0 Å². The average Bonchev–Trinajstić information content (AvgIpc) is 2.39. The minimum atomic E-state index is 0.741. The summed E-state index contributed by atoms with van der Waals surface area (Å²) in [5.74, 6) is 1.90. The highest BCUT2D eigenvalue weighted by atomic mass is 16.5. The highest BCUT2D eigenvalue weighted by molar-refractivity contribution is 5.48. The summed E-state index contributed by atoms with van der Waals surface area (Å²) in [6.45, 7) is 7.52. The second kappa shape index (κ2) is 6.26. The van der Waals surface area contributed by atoms with Crippen molar-refractivity contribution in [3.05, 3.63) is 28.8 Å². The molecule has 100 valence electrons. The SMILES string of the molecule is CC1CCCc2ccc3c(c21)CCCO3.CCC. The van der Waals surface area contributed by atoms with E-state index >= 15 is 0 Å². The molecule has 1 aliphatic carbocycles. The molecule has 3 rings (SSSR count). The Morgan fingerprint density at radius 3 is 2.72 bits per heavy atom. The Kier molecular flexibility index (Phi) is 4.68. The summed E-state index contributed by atoms with van der Waals surface area (Å²) in [7, 11) is 0. The predicted octanol–water partition coefficient (Wildman–Crippen LogP) is 4.87. The number of ether oxygens (including phenoxy) is 1. The van der Waals surface area contributed by atoms with Crippen LogP contribution >= 0.6 is 0 Å². The second-order valence-corrected chi connectivity index (χ2v) is 5.57. The van der Waals surface area contributed by atoms with Crippen molar-refractivity contribution in [3.8, 4) is 5.75 Å². The third-order valence-electron chi connectivity index (χ3n) is 3.81. The fraction of sp³-hybridized carbons (Fsp3) is 0.647. The first kappa shape index (κ1) is 13.5. The Balaban J connectivity index is 0.000000367. The number of rotatable bonds is 0. The van der Waals surface area contributed by atoms with Gasteiger partial charge in [-0.25, -0.2) is 0 Å². The topological polar surface area (TPSA) is 9.23 Å². The van der Waals surface area contributed by atoms with E-state index in [-0.39, 0.29) is 0 Å². The lowest BCUT2D eigenvalue weighted by Crippen LogP contribution is -2.16. The Labute approximate surface area is 112 Å². The molecule has 2 aliphatic rings. The van der Waals surface area contributed by atoms with Crippen molar-refractivity contribution in [1.82, 2.24) is 0 Å². The molecule has 0 saturated carbocycles. The van der Waals surface area contributed by atoms with Crippen molar-refractivity contribution in [2.24, 2.45) is 0 Å². The summed E-state index contributed by atoms with van der Waals surface area (Å²) < 4.78 is 5.74. The van der Waals surface area contributed by atoms with Crippen molar-refractivity contribution in [2.45, 2.75) is 65.2 Å². The van der Waals surface area contributed by atoms with Gasteiger partial charge in [0.1, 0.15) is 5.75 Å². The van der Waals surface area contributed by atoms with Gasteiger partial charge in [-0.1, -0.05) is 33.3 Å². The molecule has 18 heavy (non-hydrogen) atoms. The molecular formula is C17H26O. The Morgan fingerprint density at radius 1 is 1.17 bits per heavy atom. The first-order chi connectivity index (χ1) is 8.77. The van der Waals surface area contributed by atoms with E-state index in [0.717, 1.165) is 18.3 Å². The van der Waals surface area contributed by atoms with Crippen LogP contribution < -0.4 is 4.74 Å². The van der Waals surface area contributed by atoms with Crippen LogP contribution in [0.1, 0.15) is 69.1 Å². The smallest absolute Gasteiger partial charge is 0.122 e. The lowest BCUT2D eigenvalue weighted by molar-refractivity contribution is 0.286. The molecule has 0 aromatic heterocycles. The largest absolute Gasteiger partial charge is 0.493 e. The highest BCUT2D eigenvalue weighted by Crippen LogP contribution is 2.39. The van der Waals surface area contributed by atoms with Crippen LogP contribution in [0.2, 0.25) is 0 Å². The van der Waals surface area contributed by atoms with Crippen LogP contribution in [0.15, 0.2) is 12.1 Å². The number of fused-ring (bicyclic) bond motifs is 3. The van der Waals surface area contributed by atoms with E-state index in [1.807, 2.05) is 0 Å². The van der Waals surface area contributed by atoms with Gasteiger partial charge in [0.25, 0.3) is 0 Å². The van der Waals surface area contributed by atoms with E-state index in [1.165, 1.54) is 44.1 Å².